The number of ketones is 1. The molecule has 2 atom stereocenters. The van der Waals surface area contributed by atoms with Crippen molar-refractivity contribution < 1.29 is 14.6 Å². The summed E-state index contributed by atoms with van der Waals surface area (Å²) in [5, 5.41) is 26.2. The van der Waals surface area contributed by atoms with E-state index in [9.17, 15) is 25.0 Å². The predicted octanol–water partition coefficient (Wildman–Crippen LogP) is 3.30. The van der Waals surface area contributed by atoms with E-state index in [-0.39, 0.29) is 28.5 Å². The molecule has 0 aromatic heterocycles. The number of hydrogen-bond acceptors (Lipinski definition) is 7. The Bertz CT molecular complexity index is 832. The Morgan fingerprint density at radius 1 is 1.20 bits per heavy atom. The molecule has 2 fully saturated rings. The lowest BCUT2D eigenvalue weighted by atomic mass is 9.70. The van der Waals surface area contributed by atoms with Crippen LogP contribution in [-0.2, 0) is 4.79 Å². The number of fused-ring (bicyclic) bond motifs is 2. The number of Topliss-reactive ketones (excluding diaryl/α,β-unsaturated/α-hetero) is 1. The van der Waals surface area contributed by atoms with Crippen LogP contribution in [0.3, 0.4) is 0 Å². The second-order valence-corrected chi connectivity index (χ2v) is 7.30. The van der Waals surface area contributed by atoms with Gasteiger partial charge in [-0.25, -0.2) is 0 Å². The molecule has 0 heterocycles. The van der Waals surface area contributed by atoms with Crippen LogP contribution in [0.2, 0.25) is 0 Å². The fraction of sp³-hybridized carbons (Fsp3) is 0.500. The molecule has 9 heteroatoms. The first kappa shape index (κ1) is 17.0. The molecule has 0 amide bonds. The normalized spacial score (nSPS) is 28.4. The molecule has 0 spiro atoms. The van der Waals surface area contributed by atoms with Crippen molar-refractivity contribution >= 4 is 28.6 Å². The second kappa shape index (κ2) is 5.33. The predicted molar refractivity (Wildman–Crippen MR) is 90.4 cm³/mol. The molecule has 2 saturated carbocycles. The minimum Gasteiger partial charge on any atom is -0.292 e. The molecule has 0 radical (unpaired) electrons. The van der Waals surface area contributed by atoms with E-state index in [0.29, 0.717) is 5.71 Å². The van der Waals surface area contributed by atoms with E-state index in [0.717, 1.165) is 25.0 Å². The highest BCUT2D eigenvalue weighted by atomic mass is 16.6. The van der Waals surface area contributed by atoms with Crippen LogP contribution in [0.5, 0.6) is 0 Å². The van der Waals surface area contributed by atoms with Gasteiger partial charge in [-0.1, -0.05) is 20.8 Å². The maximum absolute atomic E-state index is 12.6. The third kappa shape index (κ3) is 2.30. The Hall–Kier alpha value is -2.84. The number of nitrogens with one attached hydrogen (secondary N) is 1. The van der Waals surface area contributed by atoms with Crippen molar-refractivity contribution in [2.24, 2.45) is 21.8 Å². The zero-order valence-corrected chi connectivity index (χ0v) is 14.1. The number of rotatable bonds is 4. The smallest absolute Gasteiger partial charge is 0.292 e. The average Bonchev–Trinajstić information content (AvgIpc) is 2.84. The van der Waals surface area contributed by atoms with Crippen LogP contribution in [0.25, 0.3) is 0 Å². The van der Waals surface area contributed by atoms with Gasteiger partial charge in [-0.3, -0.25) is 30.4 Å². The second-order valence-electron chi connectivity index (χ2n) is 7.30. The van der Waals surface area contributed by atoms with Gasteiger partial charge in [0.25, 0.3) is 5.69 Å². The number of carbonyl (C=O) groups excluding carboxylic acids is 1. The van der Waals surface area contributed by atoms with Crippen molar-refractivity contribution in [3.05, 3.63) is 38.4 Å². The summed E-state index contributed by atoms with van der Waals surface area (Å²) in [6.07, 6.45) is 1.65. The van der Waals surface area contributed by atoms with E-state index in [2.05, 4.69) is 10.5 Å². The molecule has 0 aliphatic heterocycles. The molecule has 132 valence electrons. The summed E-state index contributed by atoms with van der Waals surface area (Å²) in [4.78, 5) is 33.1. The number of benzene rings is 1. The summed E-state index contributed by atoms with van der Waals surface area (Å²) in [5.41, 5.74) is 1.54. The quantitative estimate of drug-likeness (QED) is 0.658. The first-order chi connectivity index (χ1) is 11.6. The molecule has 0 unspecified atom stereocenters. The minimum absolute atomic E-state index is 0.0140. The molecule has 1 aromatic rings. The summed E-state index contributed by atoms with van der Waals surface area (Å²) in [7, 11) is 0. The Labute approximate surface area is 143 Å². The Balaban J connectivity index is 1.97. The van der Waals surface area contributed by atoms with Crippen molar-refractivity contribution in [2.45, 2.75) is 33.6 Å². The first-order valence-electron chi connectivity index (χ1n) is 7.91. The minimum atomic E-state index is -0.718. The van der Waals surface area contributed by atoms with Gasteiger partial charge >= 0.3 is 5.69 Å². The van der Waals surface area contributed by atoms with Gasteiger partial charge in [-0.05, 0) is 24.3 Å². The Morgan fingerprint density at radius 3 is 2.40 bits per heavy atom. The van der Waals surface area contributed by atoms with E-state index in [1.54, 1.807) is 0 Å². The van der Waals surface area contributed by atoms with Gasteiger partial charge in [0.05, 0.1) is 15.9 Å². The molecule has 2 aliphatic rings. The monoisotopic (exact) mass is 346 g/mol. The number of non-ortho nitro benzene ring substituents is 1. The number of hydrazone groups is 1. The van der Waals surface area contributed by atoms with Gasteiger partial charge < -0.3 is 0 Å². The van der Waals surface area contributed by atoms with E-state index in [1.165, 1.54) is 6.07 Å². The fourth-order valence-electron chi connectivity index (χ4n) is 3.99. The van der Waals surface area contributed by atoms with E-state index >= 15 is 0 Å². The maximum atomic E-state index is 12.6. The van der Waals surface area contributed by atoms with Gasteiger partial charge in [0.2, 0.25) is 0 Å². The molecule has 9 nitrogen and oxygen atoms in total. The van der Waals surface area contributed by atoms with Crippen molar-refractivity contribution in [1.82, 2.24) is 0 Å². The zero-order chi connectivity index (χ0) is 18.6. The van der Waals surface area contributed by atoms with Crippen LogP contribution in [0.4, 0.5) is 17.1 Å². The molecule has 25 heavy (non-hydrogen) atoms. The van der Waals surface area contributed by atoms with Crippen LogP contribution in [0.1, 0.15) is 33.6 Å². The Kier molecular flexibility index (Phi) is 3.63. The molecular weight excluding hydrogens is 328 g/mol. The summed E-state index contributed by atoms with van der Waals surface area (Å²) in [6, 6.07) is 3.26. The number of nitrogens with zero attached hydrogens (tertiary/aromatic N) is 3. The molecular formula is C16H18N4O5. The van der Waals surface area contributed by atoms with Crippen molar-refractivity contribution in [2.75, 3.05) is 5.43 Å². The lowest BCUT2D eigenvalue weighted by molar-refractivity contribution is -0.393. The summed E-state index contributed by atoms with van der Waals surface area (Å²) < 4.78 is 0. The molecule has 0 saturated heterocycles. The van der Waals surface area contributed by atoms with Gasteiger partial charge in [-0.2, -0.15) is 5.10 Å². The van der Waals surface area contributed by atoms with Gasteiger partial charge in [0, 0.05) is 17.4 Å². The topological polar surface area (TPSA) is 128 Å². The van der Waals surface area contributed by atoms with Crippen LogP contribution in [0, 0.1) is 37.0 Å². The fourth-order valence-corrected chi connectivity index (χ4v) is 3.99. The van der Waals surface area contributed by atoms with Crippen molar-refractivity contribution in [3.63, 3.8) is 0 Å². The maximum Gasteiger partial charge on any atom is 0.301 e. The molecule has 3 rings (SSSR count). The molecule has 1 aromatic carbocycles. The molecule has 2 aliphatic carbocycles. The average molecular weight is 346 g/mol. The third-order valence-corrected chi connectivity index (χ3v) is 5.98. The van der Waals surface area contributed by atoms with Gasteiger partial charge in [-0.15, -0.1) is 0 Å². The van der Waals surface area contributed by atoms with E-state index in [1.807, 2.05) is 20.8 Å². The van der Waals surface area contributed by atoms with E-state index < -0.39 is 20.9 Å². The number of anilines is 1. The summed E-state index contributed by atoms with van der Waals surface area (Å²) >= 11 is 0. The molecule has 2 bridgehead atoms. The number of nitro groups is 2. The highest BCUT2D eigenvalue weighted by molar-refractivity contribution is 6.45. The van der Waals surface area contributed by atoms with Gasteiger partial charge in [0.15, 0.2) is 5.78 Å². The standard InChI is InChI=1S/C16H18N4O5/c1-15(2)10-6-7-16(15,3)14(13(10)21)18-17-11-5-4-9(19(22)23)8-12(11)20(24)25/h4-5,8,10,17H,6-7H2,1-3H3/b18-14-/t10-,16-/m0/s1. The summed E-state index contributed by atoms with van der Waals surface area (Å²) in [5.74, 6) is -0.124. The van der Waals surface area contributed by atoms with Crippen molar-refractivity contribution in [3.8, 4) is 0 Å². The number of hydrogen-bond donors (Lipinski definition) is 1. The highest BCUT2D eigenvalue weighted by Gasteiger charge is 2.65. The largest absolute Gasteiger partial charge is 0.301 e. The summed E-state index contributed by atoms with van der Waals surface area (Å²) in [6.45, 7) is 6.07. The van der Waals surface area contributed by atoms with Crippen LogP contribution in [-0.4, -0.2) is 21.3 Å². The Morgan fingerprint density at radius 2 is 1.88 bits per heavy atom. The van der Waals surface area contributed by atoms with Crippen LogP contribution >= 0.6 is 0 Å². The molecule has 1 N–H and O–H groups in total. The lowest BCUT2D eigenvalue weighted by Gasteiger charge is -2.33. The highest BCUT2D eigenvalue weighted by Crippen LogP contribution is 2.62. The number of carbonyl (C=O) groups is 1. The van der Waals surface area contributed by atoms with Crippen LogP contribution in [0.15, 0.2) is 23.3 Å². The van der Waals surface area contributed by atoms with Crippen molar-refractivity contribution in [1.29, 1.82) is 0 Å². The third-order valence-electron chi connectivity index (χ3n) is 5.98. The van der Waals surface area contributed by atoms with E-state index in [4.69, 9.17) is 0 Å². The van der Waals surface area contributed by atoms with Gasteiger partial charge in [0.1, 0.15) is 11.4 Å². The van der Waals surface area contributed by atoms with Crippen LogP contribution < -0.4 is 5.43 Å². The zero-order valence-electron chi connectivity index (χ0n) is 14.1. The first-order valence-corrected chi connectivity index (χ1v) is 7.91. The number of nitro benzene ring substituents is 2. The lowest BCUT2D eigenvalue weighted by Crippen LogP contribution is -2.34. The SMILES string of the molecule is CC1(C)[C@H]2CC[C@@]1(C)/C(=N\Nc1ccc([N+](=O)[O-])cc1[N+](=O)[O-])C2=O.